The van der Waals surface area contributed by atoms with E-state index in [1.807, 2.05) is 0 Å². The van der Waals surface area contributed by atoms with Gasteiger partial charge >= 0.3 is 53.7 Å². The highest BCUT2D eigenvalue weighted by Crippen LogP contribution is 2.34. The van der Waals surface area contributed by atoms with Gasteiger partial charge in [-0.25, -0.2) is 0 Å². The highest BCUT2D eigenvalue weighted by atomic mass is 16.8. The van der Waals surface area contributed by atoms with E-state index in [0.717, 1.165) is 6.92 Å². The fourth-order valence-corrected chi connectivity index (χ4v) is 5.06. The fraction of sp³-hybridized carbons (Fsp3) is 0.727. The van der Waals surface area contributed by atoms with E-state index in [1.165, 1.54) is 0 Å². The molecule has 0 aromatic carbocycles. The Morgan fingerprint density at radius 1 is 0.491 bits per heavy atom. The Labute approximate surface area is 325 Å². The lowest BCUT2D eigenvalue weighted by Gasteiger charge is -2.45. The summed E-state index contributed by atoms with van der Waals surface area (Å²) in [6, 6.07) is 0. The molecule has 0 aromatic heterocycles. The summed E-state index contributed by atoms with van der Waals surface area (Å²) < 4.78 is 123. The second-order valence-corrected chi connectivity index (χ2v) is 11.7. The first-order valence-electron chi connectivity index (χ1n) is 21.1. The lowest BCUT2D eigenvalue weighted by Crippen LogP contribution is -2.63. The number of hydrogen-bond donors (Lipinski definition) is 1. The maximum Gasteiger partial charge on any atom is 0.314 e. The molecule has 0 saturated carbocycles. The smallest absolute Gasteiger partial charge is 0.314 e. The number of hydrogen-bond acceptors (Lipinski definition) is 21. The van der Waals surface area contributed by atoms with E-state index in [9.17, 15) is 48.3 Å². The average molecular weight is 803 g/mol. The molecule has 1 N–H and O–H groups in total. The molecule has 2 aliphatic heterocycles. The zero-order valence-corrected chi connectivity index (χ0v) is 29.3. The first-order valence-corrected chi connectivity index (χ1v) is 15.4. The Morgan fingerprint density at radius 2 is 0.782 bits per heavy atom. The quantitative estimate of drug-likeness (QED) is 0.140. The molecule has 10 atom stereocenters. The van der Waals surface area contributed by atoms with Gasteiger partial charge in [-0.2, -0.15) is 0 Å². The number of rotatable bonds is 17. The third-order valence-electron chi connectivity index (χ3n) is 7.25. The van der Waals surface area contributed by atoms with Crippen LogP contribution in [0.4, 0.5) is 0 Å². The van der Waals surface area contributed by atoms with Gasteiger partial charge < -0.3 is 61.9 Å². The number of aliphatic carboxylic acids is 1. The van der Waals surface area contributed by atoms with Crippen LogP contribution in [0.3, 0.4) is 0 Å². The molecule has 0 bridgehead atoms. The van der Waals surface area contributed by atoms with Crippen LogP contribution in [-0.4, -0.2) is 147 Å². The third-order valence-corrected chi connectivity index (χ3v) is 7.25. The van der Waals surface area contributed by atoms with Crippen molar-refractivity contribution in [3.8, 4) is 0 Å². The minimum absolute atomic E-state index is 0.874. The number of esters is 8. The normalized spacial score (nSPS) is 30.4. The van der Waals surface area contributed by atoms with Gasteiger partial charge in [0.15, 0.2) is 49.2 Å². The van der Waals surface area contributed by atoms with Gasteiger partial charge in [-0.05, 0) is 6.92 Å². The second kappa shape index (κ2) is 20.7. The molecule has 0 aromatic rings. The van der Waals surface area contributed by atoms with Crippen molar-refractivity contribution in [3.63, 3.8) is 0 Å². The van der Waals surface area contributed by atoms with Crippen molar-refractivity contribution < 1.29 is 116 Å². The molecule has 0 radical (unpaired) electrons. The van der Waals surface area contributed by atoms with Gasteiger partial charge in [0.1, 0.15) is 30.8 Å². The number of carbonyl (C=O) groups is 9. The minimum Gasteiger partial charge on any atom is -0.481 e. The molecule has 0 aliphatic carbocycles. The highest BCUT2D eigenvalue weighted by molar-refractivity contribution is 5.74. The van der Waals surface area contributed by atoms with Crippen LogP contribution in [0.25, 0.3) is 0 Å². The summed E-state index contributed by atoms with van der Waals surface area (Å²) in [6.07, 6.45) is -19.4. The van der Waals surface area contributed by atoms with Crippen LogP contribution in [0.15, 0.2) is 0 Å². The van der Waals surface area contributed by atoms with Gasteiger partial charge in [-0.1, -0.05) is 0 Å². The van der Waals surface area contributed by atoms with E-state index in [1.54, 1.807) is 0 Å². The predicted molar refractivity (Wildman–Crippen MR) is 172 cm³/mol. The van der Waals surface area contributed by atoms with Crippen molar-refractivity contribution in [2.45, 2.75) is 124 Å². The van der Waals surface area contributed by atoms with Gasteiger partial charge in [0.2, 0.25) is 0 Å². The van der Waals surface area contributed by atoms with Crippen molar-refractivity contribution in [2.24, 2.45) is 5.41 Å². The second-order valence-electron chi connectivity index (χ2n) is 11.7. The molecule has 0 amide bonds. The van der Waals surface area contributed by atoms with Crippen molar-refractivity contribution in [1.29, 1.82) is 0 Å². The third kappa shape index (κ3) is 14.3. The van der Waals surface area contributed by atoms with Gasteiger partial charge in [0, 0.05) is 66.2 Å². The molecule has 22 heteroatoms. The van der Waals surface area contributed by atoms with Crippen LogP contribution in [-0.2, 0) is 100.0 Å². The molecule has 2 fully saturated rings. The van der Waals surface area contributed by atoms with Gasteiger partial charge in [-0.15, -0.1) is 0 Å². The Bertz CT molecular complexity index is 1500. The molecule has 2 aliphatic rings. The molecule has 22 nitrogen and oxygen atoms in total. The number of ether oxygens (including phenoxy) is 12. The zero-order chi connectivity index (χ0) is 47.4. The molecular formula is C33H46O22. The van der Waals surface area contributed by atoms with Gasteiger partial charge in [0.25, 0.3) is 0 Å². The molecule has 55 heavy (non-hydrogen) atoms. The van der Waals surface area contributed by atoms with Crippen LogP contribution >= 0.6 is 0 Å². The highest BCUT2D eigenvalue weighted by Gasteiger charge is 2.55. The summed E-state index contributed by atoms with van der Waals surface area (Å²) in [4.78, 5) is 111. The summed E-state index contributed by atoms with van der Waals surface area (Å²) in [5.74, 6) is -11.8. The lowest BCUT2D eigenvalue weighted by molar-refractivity contribution is -0.321. The van der Waals surface area contributed by atoms with Crippen molar-refractivity contribution in [1.82, 2.24) is 0 Å². The summed E-state index contributed by atoms with van der Waals surface area (Å²) in [5.41, 5.74) is -2.33. The molecule has 2 unspecified atom stereocenters. The van der Waals surface area contributed by atoms with E-state index in [4.69, 9.17) is 67.8 Å². The summed E-state index contributed by atoms with van der Waals surface area (Å²) in [6.45, 7) is -11.0. The number of carbonyl (C=O) groups excluding carboxylic acids is 8. The largest absolute Gasteiger partial charge is 0.481 e. The summed E-state index contributed by atoms with van der Waals surface area (Å²) in [7, 11) is 0. The van der Waals surface area contributed by atoms with Crippen LogP contribution in [0.5, 0.6) is 0 Å². The van der Waals surface area contributed by atoms with E-state index in [0.29, 0.717) is 0 Å². The molecule has 2 heterocycles. The molecular weight excluding hydrogens is 748 g/mol. The Balaban J connectivity index is 2.64. The van der Waals surface area contributed by atoms with E-state index < -0.39 is 202 Å². The average Bonchev–Trinajstić information content (AvgIpc) is 3.28. The first-order chi connectivity index (χ1) is 29.8. The van der Waals surface area contributed by atoms with Crippen LogP contribution in [0.2, 0.25) is 0 Å². The zero-order valence-electron chi connectivity index (χ0n) is 37.3. The van der Waals surface area contributed by atoms with Gasteiger partial charge in [-0.3, -0.25) is 43.2 Å². The standard InChI is InChI=1S/C33H46O22/c1-14(34)44-10-22-24(48-16(3)36)26(50-18(5)38)28(52-20(7)40)30(54-22)46-12-33(9,32(42)43)13-47-31-29(53-21(8)41)27(51-19(6)39)25(49-17(4)37)23(55-31)11-45-15(2)35/h22-31H,10-13H2,1-9H3,(H,42,43)/t22-,23-,24-,25-,26+,27+,28-,29-,30?,31?,33?/m1/s1/i1D,2D,3D,4D,5D,6D,7D,8D. The Kier molecular flexibility index (Phi) is 13.0. The number of carboxylic acid groups (broad SMARTS) is 1. The molecule has 2 rings (SSSR count). The Hall–Kier alpha value is -4.93. The maximum atomic E-state index is 12.9. The van der Waals surface area contributed by atoms with Crippen molar-refractivity contribution in [3.05, 3.63) is 0 Å². The molecule has 2 saturated heterocycles. The predicted octanol–water partition coefficient (Wildman–Crippen LogP) is -0.723. The maximum absolute atomic E-state index is 12.9. The molecule has 310 valence electrons. The van der Waals surface area contributed by atoms with Crippen molar-refractivity contribution >= 4 is 53.7 Å². The topological polar surface area (TPSA) is 285 Å². The monoisotopic (exact) mass is 802 g/mol. The van der Waals surface area contributed by atoms with E-state index >= 15 is 0 Å². The fourth-order valence-electron chi connectivity index (χ4n) is 5.06. The summed E-state index contributed by atoms with van der Waals surface area (Å²) in [5, 5.41) is 10.4. The van der Waals surface area contributed by atoms with Gasteiger partial charge in [0.05, 0.1) is 13.2 Å². The van der Waals surface area contributed by atoms with Crippen LogP contribution in [0, 0.1) is 5.41 Å². The number of carboxylic acids is 1. The minimum atomic E-state index is -2.33. The van der Waals surface area contributed by atoms with Crippen molar-refractivity contribution in [2.75, 3.05) is 26.4 Å². The SMILES string of the molecule is [2H]CC(=O)OC[C@H]1OC(OCC(C)(COC2O[C@H](COC(=O)C[2H])[C@@H](OC(=O)C[2H])[C@H](OC(=O)C[2H])[C@H]2OC(=O)C[2H])C(=O)O)[C@H](OC(=O)C[2H])[C@@H](OC(=O)C[2H])[C@@H]1OC(=O)C[2H]. The summed E-state index contributed by atoms with van der Waals surface area (Å²) >= 11 is 0. The first kappa shape index (κ1) is 34.6. The lowest BCUT2D eigenvalue weighted by atomic mass is 9.92. The van der Waals surface area contributed by atoms with Crippen LogP contribution in [0.1, 0.15) is 73.1 Å². The van der Waals surface area contributed by atoms with E-state index in [-0.39, 0.29) is 0 Å². The van der Waals surface area contributed by atoms with E-state index in [2.05, 4.69) is 0 Å². The Morgan fingerprint density at radius 3 is 1.07 bits per heavy atom. The molecule has 0 spiro atoms. The van der Waals surface area contributed by atoms with Crippen LogP contribution < -0.4 is 0 Å².